The molecule has 0 aliphatic rings. The smallest absolute Gasteiger partial charge is 0.0325 e. The highest BCUT2D eigenvalue weighted by atomic mass is 32.1. The molecule has 0 aliphatic carbocycles. The lowest BCUT2D eigenvalue weighted by molar-refractivity contribution is 0.305. The van der Waals surface area contributed by atoms with Gasteiger partial charge in [0.15, 0.2) is 0 Å². The zero-order valence-electron chi connectivity index (χ0n) is 11.1. The summed E-state index contributed by atoms with van der Waals surface area (Å²) in [5, 5.41) is 3.51. The molecule has 2 nitrogen and oxygen atoms in total. The summed E-state index contributed by atoms with van der Waals surface area (Å²) in [6, 6.07) is 4.43. The molecule has 1 N–H and O–H groups in total. The van der Waals surface area contributed by atoms with E-state index in [2.05, 4.69) is 57.1 Å². The highest BCUT2D eigenvalue weighted by Gasteiger charge is 2.08. The molecule has 0 bridgehead atoms. The minimum absolute atomic E-state index is 0.223. The van der Waals surface area contributed by atoms with Crippen molar-refractivity contribution in [2.24, 2.45) is 0 Å². The number of hydrogen-bond acceptors (Lipinski definition) is 3. The molecule has 0 aromatic carbocycles. The second kappa shape index (κ2) is 5.80. The van der Waals surface area contributed by atoms with Crippen LogP contribution < -0.4 is 5.32 Å². The van der Waals surface area contributed by atoms with E-state index in [1.54, 1.807) is 0 Å². The fraction of sp³-hybridized carbons (Fsp3) is 0.692. The number of nitrogens with zero attached hydrogens (tertiary/aromatic N) is 1. The van der Waals surface area contributed by atoms with Gasteiger partial charge in [0.1, 0.15) is 0 Å². The van der Waals surface area contributed by atoms with Crippen LogP contribution in [0.1, 0.15) is 30.5 Å². The van der Waals surface area contributed by atoms with Crippen molar-refractivity contribution in [2.45, 2.75) is 39.8 Å². The Morgan fingerprint density at radius 2 is 2.00 bits per heavy atom. The first-order valence-electron chi connectivity index (χ1n) is 5.86. The maximum atomic E-state index is 3.51. The molecule has 0 unspecified atom stereocenters. The molecule has 92 valence electrons. The number of aryl methyl sites for hydroxylation is 1. The Bertz CT molecular complexity index is 312. The van der Waals surface area contributed by atoms with Gasteiger partial charge in [-0.05, 0) is 46.9 Å². The Morgan fingerprint density at radius 1 is 1.31 bits per heavy atom. The van der Waals surface area contributed by atoms with E-state index in [4.69, 9.17) is 0 Å². The van der Waals surface area contributed by atoms with Crippen molar-refractivity contribution in [1.82, 2.24) is 10.2 Å². The van der Waals surface area contributed by atoms with Gasteiger partial charge in [0, 0.05) is 34.9 Å². The van der Waals surface area contributed by atoms with E-state index in [9.17, 15) is 0 Å². The maximum Gasteiger partial charge on any atom is 0.0325 e. The fourth-order valence-electron chi connectivity index (χ4n) is 1.54. The molecule has 1 aromatic heterocycles. The maximum absolute atomic E-state index is 3.51. The zero-order valence-corrected chi connectivity index (χ0v) is 11.9. The molecule has 0 atom stereocenters. The molecule has 0 fully saturated rings. The van der Waals surface area contributed by atoms with Crippen LogP contribution >= 0.6 is 11.3 Å². The number of thiophene rings is 1. The summed E-state index contributed by atoms with van der Waals surface area (Å²) in [7, 11) is 2.18. The monoisotopic (exact) mass is 240 g/mol. The summed E-state index contributed by atoms with van der Waals surface area (Å²) < 4.78 is 0. The normalized spacial score (nSPS) is 12.4. The molecule has 0 amide bonds. The first-order valence-corrected chi connectivity index (χ1v) is 6.67. The SMILES string of the molecule is Cc1ccc(CN(C)CCNC(C)(C)C)s1. The third-order valence-electron chi connectivity index (χ3n) is 2.37. The average Bonchev–Trinajstić information content (AvgIpc) is 2.48. The predicted octanol–water partition coefficient (Wildman–Crippen LogP) is 2.88. The molecule has 0 saturated carbocycles. The minimum atomic E-state index is 0.223. The van der Waals surface area contributed by atoms with Gasteiger partial charge in [0.2, 0.25) is 0 Å². The average molecular weight is 240 g/mol. The molecular weight excluding hydrogens is 216 g/mol. The van der Waals surface area contributed by atoms with E-state index in [1.165, 1.54) is 9.75 Å². The molecule has 1 rings (SSSR count). The molecule has 3 heteroatoms. The minimum Gasteiger partial charge on any atom is -0.311 e. The summed E-state index contributed by atoms with van der Waals surface area (Å²) in [5.74, 6) is 0. The summed E-state index contributed by atoms with van der Waals surface area (Å²) in [6.45, 7) is 12.0. The molecule has 0 aliphatic heterocycles. The van der Waals surface area contributed by atoms with Crippen LogP contribution in [-0.2, 0) is 6.54 Å². The molecule has 0 spiro atoms. The quantitative estimate of drug-likeness (QED) is 0.851. The van der Waals surface area contributed by atoms with Crippen LogP contribution in [-0.4, -0.2) is 30.6 Å². The van der Waals surface area contributed by atoms with Crippen LogP contribution in [0, 0.1) is 6.92 Å². The topological polar surface area (TPSA) is 15.3 Å². The Balaban J connectivity index is 2.23. The van der Waals surface area contributed by atoms with Crippen LogP contribution in [0.4, 0.5) is 0 Å². The Hall–Kier alpha value is -0.380. The van der Waals surface area contributed by atoms with E-state index in [0.29, 0.717) is 0 Å². The van der Waals surface area contributed by atoms with Gasteiger partial charge in [-0.25, -0.2) is 0 Å². The lowest BCUT2D eigenvalue weighted by Gasteiger charge is -2.23. The third kappa shape index (κ3) is 5.64. The summed E-state index contributed by atoms with van der Waals surface area (Å²) in [5.41, 5.74) is 0.223. The van der Waals surface area contributed by atoms with Crippen molar-refractivity contribution in [2.75, 3.05) is 20.1 Å². The van der Waals surface area contributed by atoms with Gasteiger partial charge >= 0.3 is 0 Å². The van der Waals surface area contributed by atoms with Gasteiger partial charge < -0.3 is 10.2 Å². The lowest BCUT2D eigenvalue weighted by atomic mass is 10.1. The van der Waals surface area contributed by atoms with Crippen molar-refractivity contribution < 1.29 is 0 Å². The van der Waals surface area contributed by atoms with Crippen molar-refractivity contribution in [3.8, 4) is 0 Å². The predicted molar refractivity (Wildman–Crippen MR) is 73.1 cm³/mol. The number of likely N-dealkylation sites (N-methyl/N-ethyl adjacent to an activating group) is 1. The van der Waals surface area contributed by atoms with Crippen molar-refractivity contribution in [3.63, 3.8) is 0 Å². The van der Waals surface area contributed by atoms with Crippen molar-refractivity contribution in [3.05, 3.63) is 21.9 Å². The van der Waals surface area contributed by atoms with Gasteiger partial charge in [0.05, 0.1) is 0 Å². The summed E-state index contributed by atoms with van der Waals surface area (Å²) in [6.07, 6.45) is 0. The molecule has 16 heavy (non-hydrogen) atoms. The van der Waals surface area contributed by atoms with Gasteiger partial charge in [0.25, 0.3) is 0 Å². The fourth-order valence-corrected chi connectivity index (χ4v) is 2.51. The highest BCUT2D eigenvalue weighted by molar-refractivity contribution is 7.11. The van der Waals surface area contributed by atoms with Gasteiger partial charge in [-0.3, -0.25) is 0 Å². The van der Waals surface area contributed by atoms with Crippen LogP contribution in [0.15, 0.2) is 12.1 Å². The molecular formula is C13H24N2S. The van der Waals surface area contributed by atoms with Crippen molar-refractivity contribution >= 4 is 11.3 Å². The van der Waals surface area contributed by atoms with Crippen molar-refractivity contribution in [1.29, 1.82) is 0 Å². The number of nitrogens with one attached hydrogen (secondary N) is 1. The number of rotatable bonds is 5. The van der Waals surface area contributed by atoms with Gasteiger partial charge in [-0.1, -0.05) is 0 Å². The molecule has 0 radical (unpaired) electrons. The summed E-state index contributed by atoms with van der Waals surface area (Å²) >= 11 is 1.89. The van der Waals surface area contributed by atoms with E-state index < -0.39 is 0 Å². The highest BCUT2D eigenvalue weighted by Crippen LogP contribution is 2.16. The first kappa shape index (κ1) is 13.7. The van der Waals surface area contributed by atoms with E-state index in [1.807, 2.05) is 11.3 Å². The van der Waals surface area contributed by atoms with E-state index >= 15 is 0 Å². The third-order valence-corrected chi connectivity index (χ3v) is 3.36. The molecule has 1 aromatic rings. The van der Waals surface area contributed by atoms with Gasteiger partial charge in [-0.2, -0.15) is 0 Å². The zero-order chi connectivity index (χ0) is 12.2. The molecule has 0 saturated heterocycles. The van der Waals surface area contributed by atoms with E-state index in [-0.39, 0.29) is 5.54 Å². The van der Waals surface area contributed by atoms with Crippen LogP contribution in [0.3, 0.4) is 0 Å². The van der Waals surface area contributed by atoms with E-state index in [0.717, 1.165) is 19.6 Å². The second-order valence-electron chi connectivity index (χ2n) is 5.43. The number of hydrogen-bond donors (Lipinski definition) is 1. The second-order valence-corrected chi connectivity index (χ2v) is 6.80. The van der Waals surface area contributed by atoms with Crippen LogP contribution in [0.25, 0.3) is 0 Å². The molecule has 1 heterocycles. The lowest BCUT2D eigenvalue weighted by Crippen LogP contribution is -2.40. The Morgan fingerprint density at radius 3 is 2.50 bits per heavy atom. The Labute approximate surface area is 104 Å². The van der Waals surface area contributed by atoms with Crippen LogP contribution in [0.5, 0.6) is 0 Å². The Kier molecular flexibility index (Phi) is 4.96. The first-order chi connectivity index (χ1) is 7.37. The summed E-state index contributed by atoms with van der Waals surface area (Å²) in [4.78, 5) is 5.22. The van der Waals surface area contributed by atoms with Gasteiger partial charge in [-0.15, -0.1) is 11.3 Å². The van der Waals surface area contributed by atoms with Crippen LogP contribution in [0.2, 0.25) is 0 Å². The largest absolute Gasteiger partial charge is 0.311 e. The standard InChI is InChI=1S/C13H24N2S/c1-11-6-7-12(16-11)10-15(5)9-8-14-13(2,3)4/h6-7,14H,8-10H2,1-5H3.